The van der Waals surface area contributed by atoms with Crippen LogP contribution in [0.4, 0.5) is 11.4 Å². The molecule has 1 aliphatic rings. The number of furan rings is 1. The Bertz CT molecular complexity index is 1430. The number of amides is 2. The first-order chi connectivity index (χ1) is 19.0. The van der Waals surface area contributed by atoms with E-state index in [9.17, 15) is 9.59 Å². The van der Waals surface area contributed by atoms with Crippen molar-refractivity contribution in [3.8, 4) is 11.5 Å². The Hall–Kier alpha value is -4.50. The molecule has 9 nitrogen and oxygen atoms in total. The van der Waals surface area contributed by atoms with Gasteiger partial charge >= 0.3 is 0 Å². The molecule has 39 heavy (non-hydrogen) atoms. The van der Waals surface area contributed by atoms with E-state index in [0.717, 1.165) is 30.8 Å². The first-order valence-electron chi connectivity index (χ1n) is 13.1. The summed E-state index contributed by atoms with van der Waals surface area (Å²) in [7, 11) is 0. The van der Waals surface area contributed by atoms with Crippen molar-refractivity contribution in [2.75, 3.05) is 50.4 Å². The van der Waals surface area contributed by atoms with E-state index < -0.39 is 0 Å². The summed E-state index contributed by atoms with van der Waals surface area (Å²) in [6.45, 7) is 4.36. The lowest BCUT2D eigenvalue weighted by Crippen LogP contribution is -2.27. The molecule has 0 aliphatic carbocycles. The van der Waals surface area contributed by atoms with Crippen molar-refractivity contribution >= 4 is 34.2 Å². The third-order valence-electron chi connectivity index (χ3n) is 6.57. The highest BCUT2D eigenvalue weighted by atomic mass is 16.5. The Balaban J connectivity index is 1.06. The van der Waals surface area contributed by atoms with Gasteiger partial charge in [-0.1, -0.05) is 12.1 Å². The number of ether oxygens (including phenoxy) is 2. The molecule has 2 amide bonds. The highest BCUT2D eigenvalue weighted by molar-refractivity contribution is 6.05. The van der Waals surface area contributed by atoms with Crippen molar-refractivity contribution in [2.24, 2.45) is 0 Å². The second-order valence-electron chi connectivity index (χ2n) is 9.38. The lowest BCUT2D eigenvalue weighted by molar-refractivity contribution is 0.0920. The van der Waals surface area contributed by atoms with Crippen molar-refractivity contribution in [2.45, 2.75) is 12.8 Å². The molecule has 0 atom stereocenters. The van der Waals surface area contributed by atoms with Crippen LogP contribution in [-0.2, 0) is 0 Å². The second kappa shape index (κ2) is 12.4. The molecular formula is C30H32N4O5. The minimum Gasteiger partial charge on any atom is -0.492 e. The number of para-hydroxylation sites is 2. The number of likely N-dealkylation sites (tertiary alicyclic amines) is 1. The number of anilines is 2. The lowest BCUT2D eigenvalue weighted by atomic mass is 10.2. The summed E-state index contributed by atoms with van der Waals surface area (Å²) < 4.78 is 17.3. The number of nitrogen functional groups attached to an aromatic ring is 1. The quantitative estimate of drug-likeness (QED) is 0.193. The molecule has 0 spiro atoms. The number of carbonyl (C=O) groups excluding carboxylic acids is 2. The van der Waals surface area contributed by atoms with Gasteiger partial charge in [-0.05, 0) is 80.5 Å². The van der Waals surface area contributed by atoms with Gasteiger partial charge in [0.2, 0.25) is 0 Å². The van der Waals surface area contributed by atoms with Crippen LogP contribution in [0.5, 0.6) is 11.5 Å². The fourth-order valence-electron chi connectivity index (χ4n) is 4.44. The molecule has 4 N–H and O–H groups in total. The van der Waals surface area contributed by atoms with Gasteiger partial charge in [0, 0.05) is 23.6 Å². The summed E-state index contributed by atoms with van der Waals surface area (Å²) in [6, 6.07) is 21.1. The van der Waals surface area contributed by atoms with E-state index in [-0.39, 0.29) is 30.7 Å². The van der Waals surface area contributed by atoms with Crippen LogP contribution in [0.1, 0.15) is 33.8 Å². The van der Waals surface area contributed by atoms with Gasteiger partial charge in [-0.15, -0.1) is 0 Å². The fraction of sp³-hybridized carbons (Fsp3) is 0.267. The molecule has 0 saturated carbocycles. The SMILES string of the molecule is Nc1ccccc1NC(=O)c1ccc(OCCNC(=O)c2cc3ccc(OCCN4CCCC4)cc3o2)cc1. The highest BCUT2D eigenvalue weighted by Gasteiger charge is 2.14. The minimum absolute atomic E-state index is 0.230. The van der Waals surface area contributed by atoms with Crippen LogP contribution in [0, 0.1) is 0 Å². The number of rotatable bonds is 11. The molecule has 1 aliphatic heterocycles. The van der Waals surface area contributed by atoms with E-state index >= 15 is 0 Å². The maximum Gasteiger partial charge on any atom is 0.287 e. The third kappa shape index (κ3) is 6.88. The zero-order valence-electron chi connectivity index (χ0n) is 21.7. The molecule has 1 aromatic heterocycles. The van der Waals surface area contributed by atoms with Crippen molar-refractivity contribution in [1.29, 1.82) is 0 Å². The second-order valence-corrected chi connectivity index (χ2v) is 9.38. The molecule has 4 aromatic rings. The fourth-order valence-corrected chi connectivity index (χ4v) is 4.44. The van der Waals surface area contributed by atoms with Crippen LogP contribution in [0.15, 0.2) is 77.2 Å². The molecule has 5 rings (SSSR count). The summed E-state index contributed by atoms with van der Waals surface area (Å²) >= 11 is 0. The normalized spacial score (nSPS) is 13.3. The first-order valence-corrected chi connectivity index (χ1v) is 13.1. The average Bonchev–Trinajstić information content (AvgIpc) is 3.62. The Morgan fingerprint density at radius 2 is 1.62 bits per heavy atom. The molecule has 0 bridgehead atoms. The third-order valence-corrected chi connectivity index (χ3v) is 6.57. The summed E-state index contributed by atoms with van der Waals surface area (Å²) in [4.78, 5) is 27.4. The number of nitrogens with one attached hydrogen (secondary N) is 2. The Labute approximate surface area is 226 Å². The first kappa shape index (κ1) is 26.1. The average molecular weight is 529 g/mol. The number of benzene rings is 3. The van der Waals surface area contributed by atoms with Crippen LogP contribution >= 0.6 is 0 Å². The molecule has 0 radical (unpaired) electrons. The van der Waals surface area contributed by atoms with E-state index in [4.69, 9.17) is 19.6 Å². The molecule has 9 heteroatoms. The molecule has 1 fully saturated rings. The lowest BCUT2D eigenvalue weighted by Gasteiger charge is -2.14. The van der Waals surface area contributed by atoms with Gasteiger partial charge in [0.1, 0.15) is 30.3 Å². The van der Waals surface area contributed by atoms with Crippen molar-refractivity contribution in [1.82, 2.24) is 10.2 Å². The molecule has 2 heterocycles. The van der Waals surface area contributed by atoms with Gasteiger partial charge < -0.3 is 30.3 Å². The molecule has 202 valence electrons. The zero-order chi connectivity index (χ0) is 27.0. The van der Waals surface area contributed by atoms with Crippen LogP contribution in [-0.4, -0.2) is 56.1 Å². The molecule has 3 aromatic carbocycles. The monoisotopic (exact) mass is 528 g/mol. The van der Waals surface area contributed by atoms with Crippen LogP contribution < -0.4 is 25.8 Å². The summed E-state index contributed by atoms with van der Waals surface area (Å²) in [5, 5.41) is 6.43. The van der Waals surface area contributed by atoms with Gasteiger partial charge in [-0.3, -0.25) is 14.5 Å². The topological polar surface area (TPSA) is 119 Å². The Morgan fingerprint density at radius 1 is 0.872 bits per heavy atom. The molecular weight excluding hydrogens is 496 g/mol. The number of carbonyl (C=O) groups is 2. The number of hydrogen-bond acceptors (Lipinski definition) is 7. The van der Waals surface area contributed by atoms with Crippen molar-refractivity contribution < 1.29 is 23.5 Å². The van der Waals surface area contributed by atoms with E-state index in [0.29, 0.717) is 34.9 Å². The van der Waals surface area contributed by atoms with Crippen molar-refractivity contribution in [3.63, 3.8) is 0 Å². The van der Waals surface area contributed by atoms with Gasteiger partial charge in [-0.25, -0.2) is 0 Å². The zero-order valence-corrected chi connectivity index (χ0v) is 21.7. The summed E-state index contributed by atoms with van der Waals surface area (Å²) in [5.74, 6) is 0.954. The number of nitrogens with zero attached hydrogens (tertiary/aromatic N) is 1. The Kier molecular flexibility index (Phi) is 8.28. The number of nitrogens with two attached hydrogens (primary N) is 1. The van der Waals surface area contributed by atoms with Gasteiger partial charge in [-0.2, -0.15) is 0 Å². The number of hydrogen-bond donors (Lipinski definition) is 3. The van der Waals surface area contributed by atoms with E-state index in [1.54, 1.807) is 54.6 Å². The summed E-state index contributed by atoms with van der Waals surface area (Å²) in [6.07, 6.45) is 2.52. The van der Waals surface area contributed by atoms with Gasteiger partial charge in [0.05, 0.1) is 17.9 Å². The highest BCUT2D eigenvalue weighted by Crippen LogP contribution is 2.25. The van der Waals surface area contributed by atoms with Crippen LogP contribution in [0.2, 0.25) is 0 Å². The standard InChI is InChI=1S/C30H32N4O5/c31-25-5-1-2-6-26(25)33-29(35)21-7-10-23(11-8-21)37-17-13-32-30(36)28-19-22-9-12-24(20-27(22)39-28)38-18-16-34-14-3-4-15-34/h1-2,5-12,19-20H,3-4,13-18,31H2,(H,32,36)(H,33,35). The Morgan fingerprint density at radius 3 is 2.41 bits per heavy atom. The van der Waals surface area contributed by atoms with Crippen LogP contribution in [0.3, 0.4) is 0 Å². The van der Waals surface area contributed by atoms with Gasteiger partial charge in [0.25, 0.3) is 11.8 Å². The maximum absolute atomic E-state index is 12.6. The van der Waals surface area contributed by atoms with E-state index in [1.165, 1.54) is 12.8 Å². The van der Waals surface area contributed by atoms with E-state index in [1.807, 2.05) is 18.2 Å². The predicted molar refractivity (Wildman–Crippen MR) is 150 cm³/mol. The molecule has 1 saturated heterocycles. The van der Waals surface area contributed by atoms with Gasteiger partial charge in [0.15, 0.2) is 5.76 Å². The predicted octanol–water partition coefficient (Wildman–Crippen LogP) is 4.55. The molecule has 0 unspecified atom stereocenters. The maximum atomic E-state index is 12.6. The minimum atomic E-state index is -0.321. The number of fused-ring (bicyclic) bond motifs is 1. The smallest absolute Gasteiger partial charge is 0.287 e. The van der Waals surface area contributed by atoms with E-state index in [2.05, 4.69) is 15.5 Å². The summed E-state index contributed by atoms with van der Waals surface area (Å²) in [5.41, 5.74) is 8.02. The van der Waals surface area contributed by atoms with Crippen molar-refractivity contribution in [3.05, 3.63) is 84.1 Å². The van der Waals surface area contributed by atoms with Crippen LogP contribution in [0.25, 0.3) is 11.0 Å². The largest absolute Gasteiger partial charge is 0.492 e.